The van der Waals surface area contributed by atoms with Gasteiger partial charge in [-0.25, -0.2) is 0 Å². The number of carbonyl (C=O) groups excluding carboxylic acids is 2. The van der Waals surface area contributed by atoms with Gasteiger partial charge in [-0.15, -0.1) is 0 Å². The van der Waals surface area contributed by atoms with E-state index < -0.39 is 0 Å². The average Bonchev–Trinajstić information content (AvgIpc) is 2.46. The summed E-state index contributed by atoms with van der Waals surface area (Å²) < 4.78 is 5.29. The number of hydrogen-bond acceptors (Lipinski definition) is 3. The van der Waals surface area contributed by atoms with E-state index in [1.807, 2.05) is 19.1 Å². The number of carbonyl (C=O) groups is 2. The maximum atomic E-state index is 11.9. The Morgan fingerprint density at radius 3 is 2.85 bits per heavy atom. The number of hydrogen-bond donors (Lipinski definition) is 2. The van der Waals surface area contributed by atoms with Gasteiger partial charge in [0.2, 0.25) is 5.91 Å². The third-order valence-electron chi connectivity index (χ3n) is 3.32. The summed E-state index contributed by atoms with van der Waals surface area (Å²) in [5, 5.41) is 5.50. The molecule has 1 heterocycles. The molecule has 0 saturated carbocycles. The number of benzene rings is 1. The minimum Gasteiger partial charge on any atom is -0.379 e. The van der Waals surface area contributed by atoms with Gasteiger partial charge in [-0.05, 0) is 31.4 Å². The van der Waals surface area contributed by atoms with E-state index in [4.69, 9.17) is 4.74 Å². The second-order valence-electron chi connectivity index (χ2n) is 4.98. The van der Waals surface area contributed by atoms with E-state index >= 15 is 0 Å². The van der Waals surface area contributed by atoms with Gasteiger partial charge in [-0.1, -0.05) is 18.2 Å². The van der Waals surface area contributed by atoms with Crippen molar-refractivity contribution in [3.8, 4) is 0 Å². The average molecular weight is 276 g/mol. The highest BCUT2D eigenvalue weighted by atomic mass is 16.5. The van der Waals surface area contributed by atoms with Crippen LogP contribution in [0.5, 0.6) is 0 Å². The summed E-state index contributed by atoms with van der Waals surface area (Å²) >= 11 is 0. The van der Waals surface area contributed by atoms with E-state index in [0.717, 1.165) is 25.0 Å². The van der Waals surface area contributed by atoms with E-state index in [2.05, 4.69) is 10.6 Å². The van der Waals surface area contributed by atoms with Crippen molar-refractivity contribution in [3.05, 3.63) is 35.4 Å². The quantitative estimate of drug-likeness (QED) is 0.863. The van der Waals surface area contributed by atoms with Crippen molar-refractivity contribution in [1.29, 1.82) is 0 Å². The van der Waals surface area contributed by atoms with E-state index in [-0.39, 0.29) is 24.4 Å². The van der Waals surface area contributed by atoms with Crippen molar-refractivity contribution in [3.63, 3.8) is 0 Å². The van der Waals surface area contributed by atoms with Crippen molar-refractivity contribution in [2.75, 3.05) is 19.8 Å². The topological polar surface area (TPSA) is 67.4 Å². The fourth-order valence-electron chi connectivity index (χ4n) is 2.22. The fourth-order valence-corrected chi connectivity index (χ4v) is 2.22. The Balaban J connectivity index is 1.78. The molecular formula is C15H20N2O3. The first-order chi connectivity index (χ1) is 9.66. The molecule has 2 amide bonds. The Morgan fingerprint density at radius 2 is 2.15 bits per heavy atom. The van der Waals surface area contributed by atoms with Gasteiger partial charge in [-0.3, -0.25) is 9.59 Å². The van der Waals surface area contributed by atoms with E-state index in [9.17, 15) is 9.59 Å². The molecular weight excluding hydrogens is 256 g/mol. The van der Waals surface area contributed by atoms with Crippen molar-refractivity contribution in [1.82, 2.24) is 10.6 Å². The normalized spacial score (nSPS) is 18.4. The van der Waals surface area contributed by atoms with Crippen LogP contribution in [0.15, 0.2) is 24.3 Å². The highest BCUT2D eigenvalue weighted by molar-refractivity contribution is 5.97. The van der Waals surface area contributed by atoms with Gasteiger partial charge in [0.1, 0.15) is 0 Å². The van der Waals surface area contributed by atoms with Crippen LogP contribution in [0.2, 0.25) is 0 Å². The number of amides is 2. The van der Waals surface area contributed by atoms with Crippen LogP contribution < -0.4 is 10.6 Å². The second-order valence-corrected chi connectivity index (χ2v) is 4.98. The maximum absolute atomic E-state index is 11.9. The van der Waals surface area contributed by atoms with Crippen LogP contribution in [-0.4, -0.2) is 37.6 Å². The Bertz CT molecular complexity index is 482. The van der Waals surface area contributed by atoms with E-state index in [1.54, 1.807) is 12.1 Å². The summed E-state index contributed by atoms with van der Waals surface area (Å²) in [7, 11) is 0. The molecule has 0 radical (unpaired) electrons. The zero-order valence-corrected chi connectivity index (χ0v) is 11.6. The number of ether oxygens (including phenoxy) is 1. The summed E-state index contributed by atoms with van der Waals surface area (Å²) in [6.07, 6.45) is 1.89. The molecule has 1 atom stereocenters. The van der Waals surface area contributed by atoms with Gasteiger partial charge < -0.3 is 15.4 Å². The van der Waals surface area contributed by atoms with Crippen LogP contribution in [0.25, 0.3) is 0 Å². The monoisotopic (exact) mass is 276 g/mol. The summed E-state index contributed by atoms with van der Waals surface area (Å²) in [6, 6.07) is 7.36. The lowest BCUT2D eigenvalue weighted by Gasteiger charge is -2.23. The van der Waals surface area contributed by atoms with E-state index in [0.29, 0.717) is 12.2 Å². The largest absolute Gasteiger partial charge is 0.379 e. The lowest BCUT2D eigenvalue weighted by molar-refractivity contribution is -0.121. The molecule has 108 valence electrons. The first-order valence-corrected chi connectivity index (χ1v) is 6.88. The smallest absolute Gasteiger partial charge is 0.251 e. The summed E-state index contributed by atoms with van der Waals surface area (Å²) in [6.45, 7) is 3.17. The number of nitrogens with one attached hydrogen (secondary N) is 2. The van der Waals surface area contributed by atoms with Crippen LogP contribution in [0, 0.1) is 6.92 Å². The van der Waals surface area contributed by atoms with Gasteiger partial charge in [0, 0.05) is 12.2 Å². The molecule has 1 aliphatic heterocycles. The highest BCUT2D eigenvalue weighted by Gasteiger charge is 2.16. The molecule has 2 rings (SSSR count). The molecule has 0 bridgehead atoms. The molecule has 5 heteroatoms. The van der Waals surface area contributed by atoms with Crippen LogP contribution in [-0.2, 0) is 9.53 Å². The van der Waals surface area contributed by atoms with Crippen LogP contribution in [0.4, 0.5) is 0 Å². The maximum Gasteiger partial charge on any atom is 0.251 e. The number of aryl methyl sites for hydroxylation is 1. The minimum absolute atomic E-state index is 0.0103. The lowest BCUT2D eigenvalue weighted by atomic mass is 10.1. The van der Waals surface area contributed by atoms with Gasteiger partial charge in [0.05, 0.1) is 19.2 Å². The molecule has 0 aliphatic carbocycles. The van der Waals surface area contributed by atoms with Crippen LogP contribution in [0.3, 0.4) is 0 Å². The summed E-state index contributed by atoms with van der Waals surface area (Å²) in [5.41, 5.74) is 1.49. The standard InChI is InChI=1S/C15H20N2O3/c1-11-5-2-3-7-13(11)15(19)16-9-14(18)17-12-6-4-8-20-10-12/h2-3,5,7,12H,4,6,8-10H2,1H3,(H,16,19)(H,17,18)/t12-/m1/s1. The first kappa shape index (κ1) is 14.5. The lowest BCUT2D eigenvalue weighted by Crippen LogP contribution is -2.45. The molecule has 1 fully saturated rings. The van der Waals surface area contributed by atoms with Crippen molar-refractivity contribution in [2.45, 2.75) is 25.8 Å². The third-order valence-corrected chi connectivity index (χ3v) is 3.32. The first-order valence-electron chi connectivity index (χ1n) is 6.88. The Kier molecular flexibility index (Phi) is 5.12. The van der Waals surface area contributed by atoms with Crippen LogP contribution in [0.1, 0.15) is 28.8 Å². The molecule has 1 aliphatic rings. The summed E-state index contributed by atoms with van der Waals surface area (Å²) in [5.74, 6) is -0.402. The Hall–Kier alpha value is -1.88. The SMILES string of the molecule is Cc1ccccc1C(=O)NCC(=O)N[C@@H]1CCCOC1. The molecule has 0 aromatic heterocycles. The summed E-state index contributed by atoms with van der Waals surface area (Å²) in [4.78, 5) is 23.7. The van der Waals surface area contributed by atoms with Gasteiger partial charge in [0.25, 0.3) is 5.91 Å². The van der Waals surface area contributed by atoms with Gasteiger partial charge >= 0.3 is 0 Å². The molecule has 1 aromatic carbocycles. The molecule has 2 N–H and O–H groups in total. The molecule has 0 unspecified atom stereocenters. The molecule has 5 nitrogen and oxygen atoms in total. The zero-order chi connectivity index (χ0) is 14.4. The van der Waals surface area contributed by atoms with E-state index in [1.165, 1.54) is 0 Å². The Morgan fingerprint density at radius 1 is 1.35 bits per heavy atom. The van der Waals surface area contributed by atoms with Crippen LogP contribution >= 0.6 is 0 Å². The van der Waals surface area contributed by atoms with Crippen molar-refractivity contribution in [2.24, 2.45) is 0 Å². The molecule has 0 spiro atoms. The Labute approximate surface area is 118 Å². The van der Waals surface area contributed by atoms with Gasteiger partial charge in [0.15, 0.2) is 0 Å². The van der Waals surface area contributed by atoms with Crippen molar-refractivity contribution < 1.29 is 14.3 Å². The third kappa shape index (κ3) is 4.06. The number of rotatable bonds is 4. The predicted molar refractivity (Wildman–Crippen MR) is 75.5 cm³/mol. The van der Waals surface area contributed by atoms with Crippen molar-refractivity contribution >= 4 is 11.8 Å². The molecule has 1 saturated heterocycles. The second kappa shape index (κ2) is 7.05. The molecule has 20 heavy (non-hydrogen) atoms. The van der Waals surface area contributed by atoms with Gasteiger partial charge in [-0.2, -0.15) is 0 Å². The highest BCUT2D eigenvalue weighted by Crippen LogP contribution is 2.07. The molecule has 1 aromatic rings. The predicted octanol–water partition coefficient (Wildman–Crippen LogP) is 1.02. The minimum atomic E-state index is -0.224. The fraction of sp³-hybridized carbons (Fsp3) is 0.467. The zero-order valence-electron chi connectivity index (χ0n) is 11.6.